The van der Waals surface area contributed by atoms with E-state index >= 15 is 0 Å². The van der Waals surface area contributed by atoms with Crippen molar-refractivity contribution in [3.8, 4) is 22.3 Å². The molecule has 1 aromatic carbocycles. The molecule has 1 atom stereocenters. The molecule has 4 N–H and O–H groups in total. The number of nitrogens with two attached hydrogens (primary N) is 1. The number of benzene rings is 1. The van der Waals surface area contributed by atoms with E-state index in [-0.39, 0.29) is 23.7 Å². The van der Waals surface area contributed by atoms with E-state index in [1.807, 2.05) is 49.8 Å². The van der Waals surface area contributed by atoms with Crippen molar-refractivity contribution >= 4 is 23.5 Å². The van der Waals surface area contributed by atoms with Gasteiger partial charge in [-0.2, -0.15) is 5.10 Å². The third-order valence-corrected chi connectivity index (χ3v) is 7.66. The number of aryl methyl sites for hydroxylation is 1. The quantitative estimate of drug-likeness (QED) is 0.332. The predicted molar refractivity (Wildman–Crippen MR) is 157 cm³/mol. The van der Waals surface area contributed by atoms with Gasteiger partial charge in [-0.05, 0) is 47.9 Å². The lowest BCUT2D eigenvalue weighted by molar-refractivity contribution is 0.0783. The van der Waals surface area contributed by atoms with Crippen LogP contribution in [0, 0.1) is 0 Å². The molecule has 3 aromatic heterocycles. The number of carbonyl (C=O) groups is 2. The maximum Gasteiger partial charge on any atom is 0.255 e. The summed E-state index contributed by atoms with van der Waals surface area (Å²) in [7, 11) is 1.83. The van der Waals surface area contributed by atoms with Crippen LogP contribution >= 0.6 is 0 Å². The van der Waals surface area contributed by atoms with E-state index in [2.05, 4.69) is 36.7 Å². The average molecular weight is 552 g/mol. The molecule has 0 bridgehead atoms. The highest BCUT2D eigenvalue weighted by Gasteiger charge is 2.29. The van der Waals surface area contributed by atoms with Crippen molar-refractivity contribution < 1.29 is 9.59 Å². The van der Waals surface area contributed by atoms with Crippen molar-refractivity contribution in [2.75, 3.05) is 49.9 Å². The number of carbonyl (C=O) groups excluding carboxylic acids is 2. The van der Waals surface area contributed by atoms with Crippen LogP contribution in [-0.4, -0.2) is 81.8 Å². The molecule has 2 aliphatic heterocycles. The van der Waals surface area contributed by atoms with Crippen molar-refractivity contribution in [1.29, 1.82) is 0 Å². The standard InChI is InChI=1S/C30H33N9O2/c1-37-18-24(17-35-37)23-14-26(28(31)34-16-23)29(40)36-25-7-11-39(19-25)30(41)21-4-2-20(3-5-21)22-6-8-33-27(15-22)38-12-9-32-10-13-38/h2-6,8,14-18,25,32H,7,9-13,19H2,1H3,(H2,31,34)(H,36,40)/t25-/m1/s1. The highest BCUT2D eigenvalue weighted by atomic mass is 16.2. The fourth-order valence-electron chi connectivity index (χ4n) is 5.36. The van der Waals surface area contributed by atoms with Gasteiger partial charge in [0.1, 0.15) is 11.6 Å². The average Bonchev–Trinajstić information content (AvgIpc) is 3.66. The Morgan fingerprint density at radius 1 is 0.951 bits per heavy atom. The van der Waals surface area contributed by atoms with Gasteiger partial charge in [0.05, 0.1) is 11.8 Å². The van der Waals surface area contributed by atoms with Gasteiger partial charge in [-0.3, -0.25) is 14.3 Å². The van der Waals surface area contributed by atoms with Crippen LogP contribution in [0.3, 0.4) is 0 Å². The van der Waals surface area contributed by atoms with Gasteiger partial charge >= 0.3 is 0 Å². The van der Waals surface area contributed by atoms with E-state index < -0.39 is 0 Å². The molecule has 2 saturated heterocycles. The highest BCUT2D eigenvalue weighted by molar-refractivity contribution is 6.00. The Kier molecular flexibility index (Phi) is 7.34. The van der Waals surface area contributed by atoms with Crippen molar-refractivity contribution in [3.05, 3.63) is 78.4 Å². The molecule has 2 fully saturated rings. The molecule has 41 heavy (non-hydrogen) atoms. The van der Waals surface area contributed by atoms with E-state index in [4.69, 9.17) is 5.73 Å². The Bertz CT molecular complexity index is 1560. The minimum absolute atomic E-state index is 0.0516. The molecule has 11 heteroatoms. The van der Waals surface area contributed by atoms with Crippen LogP contribution in [0.25, 0.3) is 22.3 Å². The lowest BCUT2D eigenvalue weighted by atomic mass is 10.0. The molecule has 2 aliphatic rings. The summed E-state index contributed by atoms with van der Waals surface area (Å²) in [5.74, 6) is 0.775. The summed E-state index contributed by atoms with van der Waals surface area (Å²) in [6.45, 7) is 4.77. The maximum atomic E-state index is 13.3. The zero-order chi connectivity index (χ0) is 28.3. The fourth-order valence-corrected chi connectivity index (χ4v) is 5.36. The Morgan fingerprint density at radius 3 is 2.51 bits per heavy atom. The number of pyridine rings is 2. The van der Waals surface area contributed by atoms with E-state index in [0.29, 0.717) is 30.6 Å². The summed E-state index contributed by atoms with van der Waals surface area (Å²) in [5, 5.41) is 10.6. The SMILES string of the molecule is Cn1cc(-c2cnc(N)c(C(=O)N[C@@H]3CCN(C(=O)c4ccc(-c5ccnc(N6CCNCC6)c5)cc4)C3)c2)cn1. The lowest BCUT2D eigenvalue weighted by Crippen LogP contribution is -2.43. The number of hydrogen-bond acceptors (Lipinski definition) is 8. The molecule has 210 valence electrons. The summed E-state index contributed by atoms with van der Waals surface area (Å²) in [6.07, 6.45) is 7.69. The number of nitrogen functional groups attached to an aromatic ring is 1. The number of nitrogens with zero attached hydrogens (tertiary/aromatic N) is 6. The fraction of sp³-hybridized carbons (Fsp3) is 0.300. The second-order valence-corrected chi connectivity index (χ2v) is 10.5. The monoisotopic (exact) mass is 551 g/mol. The van der Waals surface area contributed by atoms with Gasteiger partial charge in [0, 0.05) is 87.6 Å². The Labute approximate surface area is 238 Å². The normalized spacial score (nSPS) is 17.0. The number of amides is 2. The Morgan fingerprint density at radius 2 is 1.76 bits per heavy atom. The number of likely N-dealkylation sites (tertiary alicyclic amines) is 1. The second-order valence-electron chi connectivity index (χ2n) is 10.5. The smallest absolute Gasteiger partial charge is 0.255 e. The molecule has 0 radical (unpaired) electrons. The van der Waals surface area contributed by atoms with Gasteiger partial charge in [0.2, 0.25) is 0 Å². The molecule has 11 nitrogen and oxygen atoms in total. The number of piperazine rings is 1. The summed E-state index contributed by atoms with van der Waals surface area (Å²) >= 11 is 0. The van der Waals surface area contributed by atoms with E-state index in [1.54, 1.807) is 28.0 Å². The molecule has 0 saturated carbocycles. The maximum absolute atomic E-state index is 13.3. The Hall–Kier alpha value is -4.77. The zero-order valence-electron chi connectivity index (χ0n) is 23.0. The Balaban J connectivity index is 1.08. The van der Waals surface area contributed by atoms with Gasteiger partial charge in [0.15, 0.2) is 0 Å². The molecule has 6 rings (SSSR count). The molecular weight excluding hydrogens is 518 g/mol. The minimum Gasteiger partial charge on any atom is -0.383 e. The van der Waals surface area contributed by atoms with Gasteiger partial charge in [-0.1, -0.05) is 12.1 Å². The number of anilines is 2. The number of nitrogens with one attached hydrogen (secondary N) is 2. The van der Waals surface area contributed by atoms with Gasteiger partial charge < -0.3 is 26.2 Å². The largest absolute Gasteiger partial charge is 0.383 e. The highest BCUT2D eigenvalue weighted by Crippen LogP contribution is 2.25. The third kappa shape index (κ3) is 5.75. The van der Waals surface area contributed by atoms with Gasteiger partial charge in [0.25, 0.3) is 11.8 Å². The third-order valence-electron chi connectivity index (χ3n) is 7.66. The van der Waals surface area contributed by atoms with Crippen molar-refractivity contribution in [1.82, 2.24) is 35.3 Å². The molecular formula is C30H33N9O2. The first-order valence-electron chi connectivity index (χ1n) is 13.8. The van der Waals surface area contributed by atoms with Gasteiger partial charge in [-0.15, -0.1) is 0 Å². The van der Waals surface area contributed by atoms with Crippen LogP contribution in [0.1, 0.15) is 27.1 Å². The zero-order valence-corrected chi connectivity index (χ0v) is 23.0. The molecule has 5 heterocycles. The number of rotatable bonds is 6. The first-order valence-corrected chi connectivity index (χ1v) is 13.8. The molecule has 0 spiro atoms. The summed E-state index contributed by atoms with van der Waals surface area (Å²) in [4.78, 5) is 39.2. The van der Waals surface area contributed by atoms with E-state index in [1.165, 1.54) is 0 Å². The topological polar surface area (TPSA) is 134 Å². The van der Waals surface area contributed by atoms with E-state index in [9.17, 15) is 9.59 Å². The molecule has 0 aliphatic carbocycles. The van der Waals surface area contributed by atoms with Gasteiger partial charge in [-0.25, -0.2) is 9.97 Å². The summed E-state index contributed by atoms with van der Waals surface area (Å²) in [6, 6.07) is 13.3. The number of hydrogen-bond donors (Lipinski definition) is 3. The minimum atomic E-state index is -0.304. The van der Waals surface area contributed by atoms with Crippen molar-refractivity contribution in [2.24, 2.45) is 7.05 Å². The van der Waals surface area contributed by atoms with Crippen LogP contribution in [0.15, 0.2) is 67.3 Å². The lowest BCUT2D eigenvalue weighted by Gasteiger charge is -2.28. The predicted octanol–water partition coefficient (Wildman–Crippen LogP) is 2.18. The number of aromatic nitrogens is 4. The summed E-state index contributed by atoms with van der Waals surface area (Å²) < 4.78 is 1.69. The van der Waals surface area contributed by atoms with Crippen LogP contribution in [0.5, 0.6) is 0 Å². The van der Waals surface area contributed by atoms with E-state index in [0.717, 1.165) is 54.3 Å². The second kappa shape index (κ2) is 11.4. The first kappa shape index (κ1) is 26.5. The van der Waals surface area contributed by atoms with Crippen molar-refractivity contribution in [3.63, 3.8) is 0 Å². The molecule has 2 amide bonds. The first-order chi connectivity index (χ1) is 19.9. The van der Waals surface area contributed by atoms with Crippen LogP contribution < -0.4 is 21.3 Å². The van der Waals surface area contributed by atoms with Crippen LogP contribution in [0.2, 0.25) is 0 Å². The summed E-state index contributed by atoms with van der Waals surface area (Å²) in [5.41, 5.74) is 10.7. The van der Waals surface area contributed by atoms with Crippen LogP contribution in [-0.2, 0) is 7.05 Å². The molecule has 0 unspecified atom stereocenters. The van der Waals surface area contributed by atoms with Crippen molar-refractivity contribution in [2.45, 2.75) is 12.5 Å². The van der Waals surface area contributed by atoms with Crippen LogP contribution in [0.4, 0.5) is 11.6 Å². The molecule has 4 aromatic rings.